The van der Waals surface area contributed by atoms with Crippen molar-refractivity contribution >= 4 is 27.5 Å². The topological polar surface area (TPSA) is 80.9 Å². The van der Waals surface area contributed by atoms with E-state index in [-0.39, 0.29) is 5.69 Å². The Hall–Kier alpha value is -2.28. The first kappa shape index (κ1) is 11.5. The second-order valence-electron chi connectivity index (χ2n) is 4.71. The number of rotatable bonds is 2. The number of carboxylic acids is 1. The zero-order valence-electron chi connectivity index (χ0n) is 10.4. The van der Waals surface area contributed by atoms with Gasteiger partial charge in [0.05, 0.1) is 5.39 Å². The lowest BCUT2D eigenvalue weighted by Crippen LogP contribution is -1.98. The van der Waals surface area contributed by atoms with Gasteiger partial charge in [0.2, 0.25) is 0 Å². The molecule has 0 saturated heterocycles. The molecule has 0 bridgehead atoms. The lowest BCUT2D eigenvalue weighted by atomic mass is 10.2. The van der Waals surface area contributed by atoms with E-state index in [1.165, 1.54) is 29.3 Å². The van der Waals surface area contributed by atoms with Crippen LogP contribution in [0.2, 0.25) is 0 Å². The van der Waals surface area contributed by atoms with E-state index in [2.05, 4.69) is 15.0 Å². The minimum atomic E-state index is -1.04. The number of fused-ring (bicyclic) bond motifs is 3. The zero-order chi connectivity index (χ0) is 13.7. The molecule has 0 atom stereocenters. The van der Waals surface area contributed by atoms with Crippen molar-refractivity contribution in [2.75, 3.05) is 0 Å². The van der Waals surface area contributed by atoms with Crippen molar-refractivity contribution in [1.29, 1.82) is 0 Å². The van der Waals surface area contributed by atoms with E-state index in [0.29, 0.717) is 0 Å². The third kappa shape index (κ3) is 1.56. The highest BCUT2D eigenvalue weighted by molar-refractivity contribution is 7.19. The maximum atomic E-state index is 10.9. The summed E-state index contributed by atoms with van der Waals surface area (Å²) in [6.45, 7) is 0. The molecule has 20 heavy (non-hydrogen) atoms. The normalized spacial score (nSPS) is 13.8. The van der Waals surface area contributed by atoms with Gasteiger partial charge >= 0.3 is 5.97 Å². The molecule has 1 N–H and O–H groups in total. The van der Waals surface area contributed by atoms with Crippen LogP contribution in [0.1, 0.15) is 27.3 Å². The number of aromatic carboxylic acids is 1. The van der Waals surface area contributed by atoms with Gasteiger partial charge in [0.15, 0.2) is 5.69 Å². The van der Waals surface area contributed by atoms with Crippen LogP contribution in [0, 0.1) is 0 Å². The first-order valence-corrected chi connectivity index (χ1v) is 7.08. The Bertz CT molecular complexity index is 836. The van der Waals surface area contributed by atoms with Crippen molar-refractivity contribution in [3.8, 4) is 5.82 Å². The Morgan fingerprint density at radius 2 is 2.20 bits per heavy atom. The molecule has 3 aromatic rings. The van der Waals surface area contributed by atoms with E-state index in [0.717, 1.165) is 35.3 Å². The summed E-state index contributed by atoms with van der Waals surface area (Å²) in [4.78, 5) is 25.8. The summed E-state index contributed by atoms with van der Waals surface area (Å²) in [6, 6.07) is 0. The Balaban J connectivity index is 1.96. The minimum absolute atomic E-state index is 0.0173. The summed E-state index contributed by atoms with van der Waals surface area (Å²) in [7, 11) is 0. The molecule has 6 nitrogen and oxygen atoms in total. The molecule has 0 saturated carbocycles. The fourth-order valence-corrected chi connectivity index (χ4v) is 3.88. The summed E-state index contributed by atoms with van der Waals surface area (Å²) in [5.74, 6) is -0.320. The summed E-state index contributed by atoms with van der Waals surface area (Å²) >= 11 is 1.71. The van der Waals surface area contributed by atoms with Gasteiger partial charge in [-0.1, -0.05) is 0 Å². The maximum Gasteiger partial charge on any atom is 0.356 e. The van der Waals surface area contributed by atoms with Crippen LogP contribution in [0.5, 0.6) is 0 Å². The number of hydrogen-bond donors (Lipinski definition) is 1. The van der Waals surface area contributed by atoms with Crippen molar-refractivity contribution in [2.45, 2.75) is 19.3 Å². The molecule has 4 rings (SSSR count). The fraction of sp³-hybridized carbons (Fsp3) is 0.231. The van der Waals surface area contributed by atoms with Gasteiger partial charge in [0.1, 0.15) is 23.3 Å². The Kier molecular flexibility index (Phi) is 2.37. The number of hydrogen-bond acceptors (Lipinski definition) is 5. The van der Waals surface area contributed by atoms with Crippen LogP contribution >= 0.6 is 11.3 Å². The average molecular weight is 286 g/mol. The fourth-order valence-electron chi connectivity index (χ4n) is 2.66. The molecule has 1 aliphatic carbocycles. The quantitative estimate of drug-likeness (QED) is 0.780. The summed E-state index contributed by atoms with van der Waals surface area (Å²) < 4.78 is 1.67. The largest absolute Gasteiger partial charge is 0.476 e. The number of thiophene rings is 1. The average Bonchev–Trinajstić information content (AvgIpc) is 3.13. The third-order valence-corrected chi connectivity index (χ3v) is 4.73. The predicted octanol–water partition coefficient (Wildman–Crippen LogP) is 2.06. The standard InChI is InChI=1S/C13H10N4O2S/c18-13(19)8-4-17(6-16-8)11-10-7-2-1-3-9(7)20-12(10)15-5-14-11/h4-6H,1-3H2,(H,18,19). The molecule has 7 heteroatoms. The van der Waals surface area contributed by atoms with E-state index in [1.54, 1.807) is 15.9 Å². The molecule has 0 radical (unpaired) electrons. The van der Waals surface area contributed by atoms with Crippen molar-refractivity contribution < 1.29 is 9.90 Å². The third-order valence-electron chi connectivity index (χ3n) is 3.53. The summed E-state index contributed by atoms with van der Waals surface area (Å²) in [5.41, 5.74) is 1.33. The van der Waals surface area contributed by atoms with Crippen LogP contribution in [0.3, 0.4) is 0 Å². The molecular weight excluding hydrogens is 276 g/mol. The summed E-state index contributed by atoms with van der Waals surface area (Å²) in [6.07, 6.45) is 7.79. The van der Waals surface area contributed by atoms with Crippen molar-refractivity contribution in [2.24, 2.45) is 0 Å². The molecule has 0 fully saturated rings. The van der Waals surface area contributed by atoms with Gasteiger partial charge in [0.25, 0.3) is 0 Å². The van der Waals surface area contributed by atoms with Crippen molar-refractivity contribution in [1.82, 2.24) is 19.5 Å². The van der Waals surface area contributed by atoms with E-state index in [4.69, 9.17) is 5.11 Å². The molecule has 100 valence electrons. The van der Waals surface area contributed by atoms with Gasteiger partial charge in [-0.3, -0.25) is 4.57 Å². The summed E-state index contributed by atoms with van der Waals surface area (Å²) in [5, 5.41) is 10.0. The molecule has 0 spiro atoms. The molecule has 3 heterocycles. The minimum Gasteiger partial charge on any atom is -0.476 e. The van der Waals surface area contributed by atoms with E-state index < -0.39 is 5.97 Å². The molecule has 1 aliphatic rings. The zero-order valence-corrected chi connectivity index (χ0v) is 11.2. The number of carbonyl (C=O) groups is 1. The van der Waals surface area contributed by atoms with Gasteiger partial charge in [-0.15, -0.1) is 11.3 Å². The molecule has 0 aromatic carbocycles. The van der Waals surface area contributed by atoms with Gasteiger partial charge in [-0.05, 0) is 24.8 Å². The van der Waals surface area contributed by atoms with Crippen LogP contribution in [0.4, 0.5) is 0 Å². The second kappa shape index (κ2) is 4.11. The number of aryl methyl sites for hydroxylation is 2. The van der Waals surface area contributed by atoms with Crippen LogP contribution in [0.25, 0.3) is 16.0 Å². The number of carboxylic acid groups (broad SMARTS) is 1. The highest BCUT2D eigenvalue weighted by atomic mass is 32.1. The smallest absolute Gasteiger partial charge is 0.356 e. The lowest BCUT2D eigenvalue weighted by Gasteiger charge is -2.03. The lowest BCUT2D eigenvalue weighted by molar-refractivity contribution is 0.0691. The molecule has 0 unspecified atom stereocenters. The van der Waals surface area contributed by atoms with E-state index >= 15 is 0 Å². The Morgan fingerprint density at radius 3 is 3.00 bits per heavy atom. The van der Waals surface area contributed by atoms with Crippen LogP contribution in [0.15, 0.2) is 18.9 Å². The van der Waals surface area contributed by atoms with Gasteiger partial charge < -0.3 is 5.11 Å². The van der Waals surface area contributed by atoms with Crippen molar-refractivity contribution in [3.05, 3.63) is 35.0 Å². The number of imidazole rings is 1. The van der Waals surface area contributed by atoms with Crippen LogP contribution in [-0.2, 0) is 12.8 Å². The molecular formula is C13H10N4O2S. The Morgan fingerprint density at radius 1 is 1.30 bits per heavy atom. The SMILES string of the molecule is O=C(O)c1cn(-c2ncnc3sc4c(c23)CCC4)cn1. The van der Waals surface area contributed by atoms with Gasteiger partial charge in [0, 0.05) is 11.1 Å². The monoisotopic (exact) mass is 286 g/mol. The van der Waals surface area contributed by atoms with Gasteiger partial charge in [-0.25, -0.2) is 19.7 Å². The molecule has 3 aromatic heterocycles. The maximum absolute atomic E-state index is 10.9. The molecule has 0 amide bonds. The van der Waals surface area contributed by atoms with E-state index in [1.807, 2.05) is 0 Å². The first-order chi connectivity index (χ1) is 9.74. The Labute approximate surface area is 117 Å². The highest BCUT2D eigenvalue weighted by Gasteiger charge is 2.22. The van der Waals surface area contributed by atoms with Gasteiger partial charge in [-0.2, -0.15) is 0 Å². The molecule has 0 aliphatic heterocycles. The number of aromatic nitrogens is 4. The van der Waals surface area contributed by atoms with Crippen LogP contribution in [-0.4, -0.2) is 30.6 Å². The second-order valence-corrected chi connectivity index (χ2v) is 5.79. The van der Waals surface area contributed by atoms with E-state index in [9.17, 15) is 4.79 Å². The highest BCUT2D eigenvalue weighted by Crippen LogP contribution is 2.38. The predicted molar refractivity (Wildman–Crippen MR) is 73.5 cm³/mol. The van der Waals surface area contributed by atoms with Crippen LogP contribution < -0.4 is 0 Å². The van der Waals surface area contributed by atoms with Crippen molar-refractivity contribution in [3.63, 3.8) is 0 Å². The first-order valence-electron chi connectivity index (χ1n) is 6.27. The number of nitrogens with zero attached hydrogens (tertiary/aromatic N) is 4.